The average Bonchev–Trinajstić information content (AvgIpc) is 3.25. The first-order valence-electron chi connectivity index (χ1n) is 16.0. The van der Waals surface area contributed by atoms with Crippen molar-refractivity contribution in [2.45, 2.75) is 107 Å². The van der Waals surface area contributed by atoms with E-state index in [1.54, 1.807) is 20.8 Å². The Labute approximate surface area is 280 Å². The van der Waals surface area contributed by atoms with Crippen LogP contribution in [0.4, 0.5) is 0 Å². The van der Waals surface area contributed by atoms with E-state index in [0.29, 0.717) is 5.57 Å². The maximum absolute atomic E-state index is 14.0. The van der Waals surface area contributed by atoms with Crippen LogP contribution in [0.2, 0.25) is 0 Å². The summed E-state index contributed by atoms with van der Waals surface area (Å²) >= 11 is 0. The van der Waals surface area contributed by atoms with Gasteiger partial charge in [0, 0.05) is 18.4 Å². The van der Waals surface area contributed by atoms with Gasteiger partial charge in [0.1, 0.15) is 36.6 Å². The number of allylic oxidation sites excluding steroid dienone is 3. The van der Waals surface area contributed by atoms with Gasteiger partial charge in [0.15, 0.2) is 17.1 Å². The van der Waals surface area contributed by atoms with Crippen LogP contribution < -0.4 is 0 Å². The molecule has 3 heterocycles. The summed E-state index contributed by atoms with van der Waals surface area (Å²) in [5.74, 6) is -6.76. The molecule has 49 heavy (non-hydrogen) atoms. The zero-order valence-corrected chi connectivity index (χ0v) is 27.5. The highest BCUT2D eigenvalue weighted by Gasteiger charge is 2.92. The number of aliphatic hydroxyl groups is 7. The molecule has 17 nitrogen and oxygen atoms in total. The standard InChI is InChI=1S/C32H42O17/c1-11(2)6-17(35)48-25-26(41)47-16-7-13-12(3)22(49-27-20(38)19(37)18(36)15(9-33)46-27)14(34)8-29(13,4)23-21(39)24(40)31(28(42)44-5)32(25,43)30(16,23)10-45-31/h6,13,15-16,18-21,23-25,27,33,36-40,43H,7-10H2,1-5H3/t13-,15-,16-,18-,19+,20-,21-,23-,24+,25+,27+,29+,30-,31+,32+/m1/s1. The molecule has 2 bridgehead atoms. The van der Waals surface area contributed by atoms with Gasteiger partial charge in [0.2, 0.25) is 18.0 Å². The Kier molecular flexibility index (Phi) is 8.61. The van der Waals surface area contributed by atoms with E-state index < -0.39 is 132 Å². The highest BCUT2D eigenvalue weighted by molar-refractivity contribution is 5.96. The number of ketones is 1. The second-order valence-electron chi connectivity index (χ2n) is 14.4. The summed E-state index contributed by atoms with van der Waals surface area (Å²) in [4.78, 5) is 54.2. The largest absolute Gasteiger partial charge is 0.467 e. The van der Waals surface area contributed by atoms with E-state index in [9.17, 15) is 54.9 Å². The van der Waals surface area contributed by atoms with Crippen LogP contribution in [0.3, 0.4) is 0 Å². The fourth-order valence-corrected chi connectivity index (χ4v) is 9.71. The average molecular weight is 699 g/mol. The van der Waals surface area contributed by atoms with Crippen molar-refractivity contribution < 1.29 is 83.3 Å². The predicted octanol–water partition coefficient (Wildman–Crippen LogP) is -3.11. The number of methoxy groups -OCH3 is 1. The van der Waals surface area contributed by atoms with Crippen molar-refractivity contribution in [3.8, 4) is 0 Å². The minimum Gasteiger partial charge on any atom is -0.467 e. The van der Waals surface area contributed by atoms with Gasteiger partial charge >= 0.3 is 17.9 Å². The number of carbonyl (C=O) groups excluding carboxylic acids is 4. The SMILES string of the molecule is COC(=O)[C@@]12OC[C@]34[C@H]([C@@H](O)[C@@H]1O)[C@@]1(C)CC(=O)C(O[C@@H]5O[C@H](CO)[C@@H](O)[C@H](O)[C@H]5O)=C(C)[C@H]1C[C@H]3OC(=O)[C@H](OC(=O)C=C(C)C)[C@]42O. The molecule has 0 aromatic carbocycles. The third-order valence-electron chi connectivity index (χ3n) is 11.7. The summed E-state index contributed by atoms with van der Waals surface area (Å²) in [5.41, 5.74) is -8.28. The lowest BCUT2D eigenvalue weighted by Crippen LogP contribution is -2.88. The zero-order valence-electron chi connectivity index (χ0n) is 27.5. The van der Waals surface area contributed by atoms with Gasteiger partial charge in [-0.3, -0.25) is 4.79 Å². The molecule has 6 rings (SSSR count). The van der Waals surface area contributed by atoms with Crippen LogP contribution in [0, 0.1) is 22.7 Å². The van der Waals surface area contributed by atoms with E-state index in [1.165, 1.54) is 6.92 Å². The molecule has 6 aliphatic rings. The summed E-state index contributed by atoms with van der Waals surface area (Å²) < 4.78 is 33.5. The lowest BCUT2D eigenvalue weighted by molar-refractivity contribution is -0.346. The van der Waals surface area contributed by atoms with Crippen LogP contribution in [0.5, 0.6) is 0 Å². The molecule has 3 saturated heterocycles. The number of esters is 3. The highest BCUT2D eigenvalue weighted by Crippen LogP contribution is 2.74. The molecule has 5 fully saturated rings. The van der Waals surface area contributed by atoms with Crippen molar-refractivity contribution in [2.75, 3.05) is 20.3 Å². The number of hydrogen-bond donors (Lipinski definition) is 7. The predicted molar refractivity (Wildman–Crippen MR) is 156 cm³/mol. The molecule has 3 aliphatic carbocycles. The Bertz CT molecular complexity index is 1500. The van der Waals surface area contributed by atoms with E-state index in [0.717, 1.165) is 13.2 Å². The molecule has 0 unspecified atom stereocenters. The van der Waals surface area contributed by atoms with E-state index in [1.807, 2.05) is 0 Å². The van der Waals surface area contributed by atoms with Gasteiger partial charge in [-0.25, -0.2) is 14.4 Å². The monoisotopic (exact) mass is 698 g/mol. The molecule has 272 valence electrons. The van der Waals surface area contributed by atoms with Crippen molar-refractivity contribution in [1.82, 2.24) is 0 Å². The topological polar surface area (TPSA) is 265 Å². The highest BCUT2D eigenvalue weighted by atomic mass is 16.7. The first-order chi connectivity index (χ1) is 22.9. The lowest BCUT2D eigenvalue weighted by atomic mass is 9.36. The van der Waals surface area contributed by atoms with Gasteiger partial charge in [-0.1, -0.05) is 12.5 Å². The summed E-state index contributed by atoms with van der Waals surface area (Å²) in [7, 11) is 0.950. The molecule has 7 N–H and O–H groups in total. The summed E-state index contributed by atoms with van der Waals surface area (Å²) in [5, 5.41) is 77.3. The minimum absolute atomic E-state index is 0.139. The van der Waals surface area contributed by atoms with Crippen molar-refractivity contribution >= 4 is 23.7 Å². The number of ether oxygens (including phenoxy) is 6. The maximum Gasteiger partial charge on any atom is 0.351 e. The first kappa shape index (κ1) is 35.8. The second-order valence-corrected chi connectivity index (χ2v) is 14.4. The number of carbonyl (C=O) groups is 4. The fourth-order valence-electron chi connectivity index (χ4n) is 9.71. The van der Waals surface area contributed by atoms with Crippen LogP contribution in [0.15, 0.2) is 23.0 Å². The van der Waals surface area contributed by atoms with Gasteiger partial charge in [-0.2, -0.15) is 0 Å². The Morgan fingerprint density at radius 3 is 2.33 bits per heavy atom. The number of aliphatic hydroxyl groups excluding tert-OH is 6. The van der Waals surface area contributed by atoms with E-state index in [4.69, 9.17) is 28.4 Å². The smallest absolute Gasteiger partial charge is 0.351 e. The molecule has 0 amide bonds. The first-order valence-corrected chi connectivity index (χ1v) is 16.0. The molecule has 3 aliphatic heterocycles. The third-order valence-corrected chi connectivity index (χ3v) is 11.7. The van der Waals surface area contributed by atoms with Crippen LogP contribution >= 0.6 is 0 Å². The van der Waals surface area contributed by atoms with E-state index in [-0.39, 0.29) is 17.8 Å². The zero-order chi connectivity index (χ0) is 36.2. The molecule has 17 heteroatoms. The van der Waals surface area contributed by atoms with Crippen LogP contribution in [0.25, 0.3) is 0 Å². The minimum atomic E-state index is -2.87. The number of hydrogen-bond acceptors (Lipinski definition) is 17. The van der Waals surface area contributed by atoms with Gasteiger partial charge in [0.25, 0.3) is 0 Å². The summed E-state index contributed by atoms with van der Waals surface area (Å²) in [6, 6.07) is 0. The van der Waals surface area contributed by atoms with Crippen molar-refractivity contribution in [3.05, 3.63) is 23.0 Å². The maximum atomic E-state index is 14.0. The number of fused-ring (bicyclic) bond motifs is 2. The Morgan fingerprint density at radius 2 is 1.71 bits per heavy atom. The van der Waals surface area contributed by atoms with Crippen LogP contribution in [-0.2, 0) is 47.6 Å². The molecule has 1 spiro atoms. The Morgan fingerprint density at radius 1 is 1.04 bits per heavy atom. The van der Waals surface area contributed by atoms with Crippen LogP contribution in [0.1, 0.15) is 40.5 Å². The molecular formula is C32H42O17. The number of rotatable bonds is 6. The molecule has 0 aromatic rings. The van der Waals surface area contributed by atoms with Gasteiger partial charge < -0.3 is 64.2 Å². The van der Waals surface area contributed by atoms with Gasteiger partial charge in [-0.05, 0) is 44.1 Å². The van der Waals surface area contributed by atoms with Crippen LogP contribution in [-0.4, -0.2) is 146 Å². The van der Waals surface area contributed by atoms with Gasteiger partial charge in [0.05, 0.1) is 31.8 Å². The molecule has 2 saturated carbocycles. The Hall–Kier alpha value is -3.00. The molecular weight excluding hydrogens is 656 g/mol. The summed E-state index contributed by atoms with van der Waals surface area (Å²) in [6.07, 6.45) is -15.6. The van der Waals surface area contributed by atoms with E-state index in [2.05, 4.69) is 0 Å². The number of Topliss-reactive ketones (excluding diaryl/α,β-unsaturated/α-hetero) is 1. The van der Waals surface area contributed by atoms with Gasteiger partial charge in [-0.15, -0.1) is 0 Å². The van der Waals surface area contributed by atoms with Crippen molar-refractivity contribution in [3.63, 3.8) is 0 Å². The quantitative estimate of drug-likeness (QED) is 0.0822. The van der Waals surface area contributed by atoms with Crippen molar-refractivity contribution in [1.29, 1.82) is 0 Å². The van der Waals surface area contributed by atoms with Crippen molar-refractivity contribution in [2.24, 2.45) is 22.7 Å². The molecule has 0 radical (unpaired) electrons. The van der Waals surface area contributed by atoms with E-state index >= 15 is 0 Å². The molecule has 15 atom stereocenters. The third kappa shape index (κ3) is 4.43. The normalized spacial score (nSPS) is 48.5. The fraction of sp³-hybridized carbons (Fsp3) is 0.750. The Balaban J connectivity index is 1.48. The second kappa shape index (κ2) is 11.8. The lowest BCUT2D eigenvalue weighted by Gasteiger charge is -2.69. The molecule has 0 aromatic heterocycles. The summed E-state index contributed by atoms with van der Waals surface area (Å²) in [6.45, 7) is 4.98.